The van der Waals surface area contributed by atoms with Crippen molar-refractivity contribution in [2.75, 3.05) is 11.1 Å². The van der Waals surface area contributed by atoms with Crippen LogP contribution in [0.4, 0.5) is 5.13 Å². The van der Waals surface area contributed by atoms with E-state index in [4.69, 9.17) is 0 Å². The third-order valence-electron chi connectivity index (χ3n) is 3.61. The number of carbonyl (C=O) groups excluding carboxylic acids is 2. The standard InChI is InChI=1S/C15H18N4O2S3/c20-12(8-11-6-3-7-22-11)17-14-18-19-15(24-14)23-9-13(21)16-10-4-1-2-5-10/h3,6-7,10H,1-2,4-5,8-9H2,(H,16,21)(H,17,18,20). The van der Waals surface area contributed by atoms with Crippen molar-refractivity contribution in [2.45, 2.75) is 42.5 Å². The van der Waals surface area contributed by atoms with Crippen LogP contribution in [0.5, 0.6) is 0 Å². The second kappa shape index (κ2) is 8.59. The zero-order valence-corrected chi connectivity index (χ0v) is 15.4. The molecule has 2 heterocycles. The second-order valence-electron chi connectivity index (χ2n) is 5.52. The minimum atomic E-state index is -0.107. The smallest absolute Gasteiger partial charge is 0.231 e. The van der Waals surface area contributed by atoms with Gasteiger partial charge in [0.05, 0.1) is 12.2 Å². The molecule has 9 heteroatoms. The molecule has 0 unspecified atom stereocenters. The van der Waals surface area contributed by atoms with Gasteiger partial charge in [0, 0.05) is 10.9 Å². The highest BCUT2D eigenvalue weighted by molar-refractivity contribution is 8.01. The number of nitrogens with one attached hydrogen (secondary N) is 2. The van der Waals surface area contributed by atoms with Gasteiger partial charge in [-0.15, -0.1) is 21.5 Å². The molecule has 1 aliphatic rings. The lowest BCUT2D eigenvalue weighted by atomic mass is 10.2. The average Bonchev–Trinajstić information content (AvgIpc) is 3.28. The van der Waals surface area contributed by atoms with Crippen molar-refractivity contribution in [3.63, 3.8) is 0 Å². The van der Waals surface area contributed by atoms with Crippen LogP contribution < -0.4 is 10.6 Å². The zero-order valence-electron chi connectivity index (χ0n) is 13.0. The predicted molar refractivity (Wildman–Crippen MR) is 97.7 cm³/mol. The van der Waals surface area contributed by atoms with Gasteiger partial charge in [-0.25, -0.2) is 0 Å². The van der Waals surface area contributed by atoms with Crippen LogP contribution in [-0.2, 0) is 16.0 Å². The molecule has 2 aromatic rings. The normalized spacial score (nSPS) is 14.7. The lowest BCUT2D eigenvalue weighted by molar-refractivity contribution is -0.119. The molecule has 6 nitrogen and oxygen atoms in total. The number of carbonyl (C=O) groups is 2. The molecule has 128 valence electrons. The molecule has 1 aliphatic carbocycles. The number of anilines is 1. The van der Waals surface area contributed by atoms with Crippen molar-refractivity contribution in [1.82, 2.24) is 15.5 Å². The monoisotopic (exact) mass is 382 g/mol. The van der Waals surface area contributed by atoms with Crippen molar-refractivity contribution in [3.05, 3.63) is 22.4 Å². The van der Waals surface area contributed by atoms with E-state index in [0.717, 1.165) is 17.7 Å². The van der Waals surface area contributed by atoms with Crippen LogP contribution in [0.25, 0.3) is 0 Å². The van der Waals surface area contributed by atoms with Crippen molar-refractivity contribution < 1.29 is 9.59 Å². The number of aromatic nitrogens is 2. The summed E-state index contributed by atoms with van der Waals surface area (Å²) in [6.07, 6.45) is 4.89. The first-order valence-corrected chi connectivity index (χ1v) is 10.4. The summed E-state index contributed by atoms with van der Waals surface area (Å²) in [5, 5.41) is 16.2. The fourth-order valence-electron chi connectivity index (χ4n) is 2.52. The molecule has 2 amide bonds. The summed E-state index contributed by atoms with van der Waals surface area (Å²) in [6.45, 7) is 0. The van der Waals surface area contributed by atoms with E-state index >= 15 is 0 Å². The summed E-state index contributed by atoms with van der Waals surface area (Å²) in [4.78, 5) is 24.8. The van der Waals surface area contributed by atoms with E-state index in [1.807, 2.05) is 17.5 Å². The minimum absolute atomic E-state index is 0.0328. The lowest BCUT2D eigenvalue weighted by Crippen LogP contribution is -2.33. The molecule has 0 atom stereocenters. The van der Waals surface area contributed by atoms with Gasteiger partial charge in [-0.3, -0.25) is 9.59 Å². The number of thiophene rings is 1. The Hall–Kier alpha value is -1.45. The molecule has 0 spiro atoms. The first kappa shape index (κ1) is 17.4. The number of hydrogen-bond acceptors (Lipinski definition) is 7. The Balaban J connectivity index is 1.41. The molecule has 2 aromatic heterocycles. The van der Waals surface area contributed by atoms with Gasteiger partial charge in [0.2, 0.25) is 16.9 Å². The van der Waals surface area contributed by atoms with Crippen molar-refractivity contribution in [1.29, 1.82) is 0 Å². The van der Waals surface area contributed by atoms with Gasteiger partial charge in [0.15, 0.2) is 4.34 Å². The quantitative estimate of drug-likeness (QED) is 0.568. The van der Waals surface area contributed by atoms with Crippen molar-refractivity contribution in [2.24, 2.45) is 0 Å². The van der Waals surface area contributed by atoms with E-state index in [2.05, 4.69) is 20.8 Å². The van der Waals surface area contributed by atoms with Crippen LogP contribution in [0.1, 0.15) is 30.6 Å². The first-order valence-electron chi connectivity index (χ1n) is 7.77. The molecule has 24 heavy (non-hydrogen) atoms. The number of hydrogen-bond donors (Lipinski definition) is 2. The summed E-state index contributed by atoms with van der Waals surface area (Å²) < 4.78 is 0.683. The number of nitrogens with zero attached hydrogens (tertiary/aromatic N) is 2. The predicted octanol–water partition coefficient (Wildman–Crippen LogP) is 2.93. The Labute approximate surface area is 152 Å². The third-order valence-corrected chi connectivity index (χ3v) is 6.46. The highest BCUT2D eigenvalue weighted by atomic mass is 32.2. The van der Waals surface area contributed by atoms with Crippen LogP contribution in [0.3, 0.4) is 0 Å². The Kier molecular flexibility index (Phi) is 6.22. The SMILES string of the molecule is O=C(Cc1cccs1)Nc1nnc(SCC(=O)NC2CCCC2)s1. The molecule has 1 saturated carbocycles. The average molecular weight is 383 g/mol. The number of amides is 2. The highest BCUT2D eigenvalue weighted by Crippen LogP contribution is 2.26. The Morgan fingerprint density at radius 2 is 2.08 bits per heavy atom. The van der Waals surface area contributed by atoms with Gasteiger partial charge >= 0.3 is 0 Å². The molecule has 3 rings (SSSR count). The van der Waals surface area contributed by atoms with Gasteiger partial charge < -0.3 is 10.6 Å². The van der Waals surface area contributed by atoms with E-state index in [1.165, 1.54) is 35.9 Å². The van der Waals surface area contributed by atoms with Crippen LogP contribution in [0.2, 0.25) is 0 Å². The van der Waals surface area contributed by atoms with Gasteiger partial charge in [0.25, 0.3) is 0 Å². The Bertz CT molecular complexity index is 681. The van der Waals surface area contributed by atoms with Gasteiger partial charge in [-0.05, 0) is 24.3 Å². The maximum atomic E-state index is 11.9. The van der Waals surface area contributed by atoms with Gasteiger partial charge in [0.1, 0.15) is 0 Å². The molecule has 2 N–H and O–H groups in total. The van der Waals surface area contributed by atoms with Gasteiger partial charge in [-0.2, -0.15) is 0 Å². The molecule has 0 saturated heterocycles. The highest BCUT2D eigenvalue weighted by Gasteiger charge is 2.17. The lowest BCUT2D eigenvalue weighted by Gasteiger charge is -2.10. The Morgan fingerprint density at radius 3 is 2.83 bits per heavy atom. The fourth-order valence-corrected chi connectivity index (χ4v) is 4.80. The maximum absolute atomic E-state index is 11.9. The van der Waals surface area contributed by atoms with Crippen LogP contribution >= 0.6 is 34.4 Å². The van der Waals surface area contributed by atoms with E-state index in [-0.39, 0.29) is 11.8 Å². The number of rotatable bonds is 7. The number of thioether (sulfide) groups is 1. The largest absolute Gasteiger partial charge is 0.353 e. The molecule has 0 radical (unpaired) electrons. The summed E-state index contributed by atoms with van der Waals surface area (Å²) in [5.41, 5.74) is 0. The topological polar surface area (TPSA) is 84.0 Å². The second-order valence-corrected chi connectivity index (χ2v) is 8.75. The molecular weight excluding hydrogens is 364 g/mol. The summed E-state index contributed by atoms with van der Waals surface area (Å²) >= 11 is 4.19. The Morgan fingerprint density at radius 1 is 1.25 bits per heavy atom. The molecular formula is C15H18N4O2S3. The van der Waals surface area contributed by atoms with Crippen LogP contribution in [0.15, 0.2) is 21.9 Å². The van der Waals surface area contributed by atoms with Gasteiger partial charge in [-0.1, -0.05) is 42.0 Å². The fraction of sp³-hybridized carbons (Fsp3) is 0.467. The molecule has 0 bridgehead atoms. The maximum Gasteiger partial charge on any atom is 0.231 e. The van der Waals surface area contributed by atoms with E-state index in [1.54, 1.807) is 11.3 Å². The summed E-state index contributed by atoms with van der Waals surface area (Å²) in [5.74, 6) is 0.253. The zero-order chi connectivity index (χ0) is 16.8. The van der Waals surface area contributed by atoms with Crippen LogP contribution in [0, 0.1) is 0 Å². The minimum Gasteiger partial charge on any atom is -0.353 e. The van der Waals surface area contributed by atoms with Crippen LogP contribution in [-0.4, -0.2) is 33.8 Å². The van der Waals surface area contributed by atoms with Crippen molar-refractivity contribution >= 4 is 51.4 Å². The molecule has 0 aliphatic heterocycles. The van der Waals surface area contributed by atoms with E-state index in [9.17, 15) is 9.59 Å². The molecule has 0 aromatic carbocycles. The molecule has 1 fully saturated rings. The third kappa shape index (κ3) is 5.29. The van der Waals surface area contributed by atoms with Crippen molar-refractivity contribution in [3.8, 4) is 0 Å². The first-order chi connectivity index (χ1) is 11.7. The van der Waals surface area contributed by atoms with E-state index < -0.39 is 0 Å². The van der Waals surface area contributed by atoms with E-state index in [0.29, 0.717) is 27.7 Å². The summed E-state index contributed by atoms with van der Waals surface area (Å²) in [7, 11) is 0. The summed E-state index contributed by atoms with van der Waals surface area (Å²) in [6, 6.07) is 4.18.